The van der Waals surface area contributed by atoms with E-state index < -0.39 is 0 Å². The van der Waals surface area contributed by atoms with Gasteiger partial charge in [0.05, 0.1) is 10.7 Å². The predicted octanol–water partition coefficient (Wildman–Crippen LogP) is 3.01. The third-order valence-corrected chi connectivity index (χ3v) is 2.93. The minimum Gasteiger partial charge on any atom is -0.317 e. The third kappa shape index (κ3) is 4.99. The number of aromatic nitrogens is 2. The highest BCUT2D eigenvalue weighted by Crippen LogP contribution is 2.12. The summed E-state index contributed by atoms with van der Waals surface area (Å²) in [4.78, 5) is 0. The normalized spacial score (nSPS) is 10.9. The maximum absolute atomic E-state index is 5.93. The van der Waals surface area contributed by atoms with Gasteiger partial charge in [0.25, 0.3) is 0 Å². The third-order valence-electron chi connectivity index (χ3n) is 2.55. The van der Waals surface area contributed by atoms with Crippen LogP contribution in [-0.2, 0) is 6.54 Å². The zero-order chi connectivity index (χ0) is 11.8. The van der Waals surface area contributed by atoms with Crippen LogP contribution in [0.3, 0.4) is 0 Å². The Hall–Kier alpha value is -0.540. The van der Waals surface area contributed by atoms with Crippen LogP contribution in [0.2, 0.25) is 5.02 Å². The van der Waals surface area contributed by atoms with Crippen LogP contribution in [0.5, 0.6) is 0 Å². The monoisotopic (exact) mass is 243 g/mol. The largest absolute Gasteiger partial charge is 0.317 e. The molecule has 0 spiro atoms. The molecule has 1 aromatic heterocycles. The number of halogens is 1. The van der Waals surface area contributed by atoms with Crippen molar-refractivity contribution in [1.29, 1.82) is 0 Å². The minimum absolute atomic E-state index is 0.768. The Labute approximate surface area is 103 Å². The number of rotatable bonds is 8. The molecule has 16 heavy (non-hydrogen) atoms. The van der Waals surface area contributed by atoms with Crippen molar-refractivity contribution in [2.45, 2.75) is 46.1 Å². The molecule has 0 aliphatic carbocycles. The van der Waals surface area contributed by atoms with Crippen molar-refractivity contribution in [3.8, 4) is 0 Å². The van der Waals surface area contributed by atoms with Gasteiger partial charge in [-0.2, -0.15) is 5.10 Å². The summed E-state index contributed by atoms with van der Waals surface area (Å²) in [5.41, 5.74) is 0.922. The Bertz CT molecular complexity index is 277. The quantitative estimate of drug-likeness (QED) is 0.712. The van der Waals surface area contributed by atoms with Gasteiger partial charge in [-0.25, -0.2) is 0 Å². The first-order valence-corrected chi connectivity index (χ1v) is 6.52. The Morgan fingerprint density at radius 1 is 1.31 bits per heavy atom. The Balaban J connectivity index is 2.03. The van der Waals surface area contributed by atoms with Gasteiger partial charge in [0.1, 0.15) is 0 Å². The smallest absolute Gasteiger partial charge is 0.0814 e. The van der Waals surface area contributed by atoms with E-state index in [1.54, 1.807) is 0 Å². The molecule has 1 heterocycles. The van der Waals surface area contributed by atoms with Crippen molar-refractivity contribution in [1.82, 2.24) is 15.1 Å². The number of hydrogen-bond donors (Lipinski definition) is 1. The molecule has 1 N–H and O–H groups in total. The molecule has 0 amide bonds. The molecule has 0 aromatic carbocycles. The molecule has 0 unspecified atom stereocenters. The molecule has 0 aliphatic rings. The van der Waals surface area contributed by atoms with Gasteiger partial charge in [-0.15, -0.1) is 0 Å². The maximum atomic E-state index is 5.93. The van der Waals surface area contributed by atoms with Crippen molar-refractivity contribution in [2.75, 3.05) is 13.1 Å². The van der Waals surface area contributed by atoms with E-state index >= 15 is 0 Å². The lowest BCUT2D eigenvalue weighted by Gasteiger charge is -2.03. The molecule has 1 rings (SSSR count). The second-order valence-electron chi connectivity index (χ2n) is 4.14. The lowest BCUT2D eigenvalue weighted by Crippen LogP contribution is -2.15. The molecule has 0 atom stereocenters. The first-order valence-electron chi connectivity index (χ1n) is 6.14. The van der Waals surface area contributed by atoms with E-state index in [2.05, 4.69) is 17.3 Å². The van der Waals surface area contributed by atoms with E-state index in [4.69, 9.17) is 11.6 Å². The Kier molecular flexibility index (Phi) is 6.50. The van der Waals surface area contributed by atoms with E-state index in [1.165, 1.54) is 25.7 Å². The Morgan fingerprint density at radius 2 is 2.12 bits per heavy atom. The van der Waals surface area contributed by atoms with Gasteiger partial charge in [-0.05, 0) is 39.3 Å². The standard InChI is InChI=1S/C12H22ClN3/c1-3-7-14-8-5-4-6-9-16-10-12(13)11(2)15-16/h10,14H,3-9H2,1-2H3. The van der Waals surface area contributed by atoms with E-state index in [-0.39, 0.29) is 0 Å². The summed E-state index contributed by atoms with van der Waals surface area (Å²) in [5.74, 6) is 0. The SMILES string of the molecule is CCCNCCCCCn1cc(Cl)c(C)n1. The van der Waals surface area contributed by atoms with Crippen LogP contribution in [0.15, 0.2) is 6.20 Å². The molecular weight excluding hydrogens is 222 g/mol. The van der Waals surface area contributed by atoms with E-state index in [1.807, 2.05) is 17.8 Å². The van der Waals surface area contributed by atoms with Gasteiger partial charge in [0.15, 0.2) is 0 Å². The summed E-state index contributed by atoms with van der Waals surface area (Å²) in [6.07, 6.45) is 6.78. The Morgan fingerprint density at radius 3 is 2.75 bits per heavy atom. The molecule has 1 aromatic rings. The summed E-state index contributed by atoms with van der Waals surface area (Å²) in [7, 11) is 0. The highest BCUT2D eigenvalue weighted by atomic mass is 35.5. The maximum Gasteiger partial charge on any atom is 0.0814 e. The molecule has 0 radical (unpaired) electrons. The average Bonchev–Trinajstić information content (AvgIpc) is 2.57. The second kappa shape index (κ2) is 7.69. The molecule has 92 valence electrons. The van der Waals surface area contributed by atoms with Gasteiger partial charge in [-0.3, -0.25) is 4.68 Å². The van der Waals surface area contributed by atoms with Crippen molar-refractivity contribution in [3.05, 3.63) is 16.9 Å². The predicted molar refractivity (Wildman–Crippen MR) is 69.0 cm³/mol. The van der Waals surface area contributed by atoms with Crippen LogP contribution in [0, 0.1) is 6.92 Å². The number of nitrogens with one attached hydrogen (secondary N) is 1. The molecular formula is C12H22ClN3. The second-order valence-corrected chi connectivity index (χ2v) is 4.54. The fourth-order valence-electron chi connectivity index (χ4n) is 1.61. The van der Waals surface area contributed by atoms with Crippen LogP contribution < -0.4 is 5.32 Å². The topological polar surface area (TPSA) is 29.9 Å². The molecule has 0 saturated carbocycles. The van der Waals surface area contributed by atoms with Crippen LogP contribution in [0.4, 0.5) is 0 Å². The molecule has 3 nitrogen and oxygen atoms in total. The minimum atomic E-state index is 0.768. The van der Waals surface area contributed by atoms with Crippen LogP contribution in [0.1, 0.15) is 38.3 Å². The molecule has 0 saturated heterocycles. The number of nitrogens with zero attached hydrogens (tertiary/aromatic N) is 2. The number of hydrogen-bond acceptors (Lipinski definition) is 2. The molecule has 0 fully saturated rings. The lowest BCUT2D eigenvalue weighted by molar-refractivity contribution is 0.527. The van der Waals surface area contributed by atoms with Gasteiger partial charge < -0.3 is 5.32 Å². The summed E-state index contributed by atoms with van der Waals surface area (Å²) in [5, 5.41) is 8.50. The lowest BCUT2D eigenvalue weighted by atomic mass is 10.2. The van der Waals surface area contributed by atoms with Crippen LogP contribution >= 0.6 is 11.6 Å². The molecule has 0 bridgehead atoms. The van der Waals surface area contributed by atoms with Crippen LogP contribution in [0.25, 0.3) is 0 Å². The van der Waals surface area contributed by atoms with E-state index in [0.717, 1.165) is 30.4 Å². The highest BCUT2D eigenvalue weighted by Gasteiger charge is 2.00. The molecule has 4 heteroatoms. The summed E-state index contributed by atoms with van der Waals surface area (Å²) in [6.45, 7) is 7.37. The van der Waals surface area contributed by atoms with Gasteiger partial charge in [-0.1, -0.05) is 24.9 Å². The average molecular weight is 244 g/mol. The summed E-state index contributed by atoms with van der Waals surface area (Å²) < 4.78 is 1.94. The zero-order valence-electron chi connectivity index (χ0n) is 10.3. The fourth-order valence-corrected chi connectivity index (χ4v) is 1.76. The molecule has 0 aliphatic heterocycles. The highest BCUT2D eigenvalue weighted by molar-refractivity contribution is 6.31. The van der Waals surface area contributed by atoms with E-state index in [0.29, 0.717) is 0 Å². The number of aryl methyl sites for hydroxylation is 2. The first kappa shape index (κ1) is 13.5. The fraction of sp³-hybridized carbons (Fsp3) is 0.750. The van der Waals surface area contributed by atoms with Crippen molar-refractivity contribution >= 4 is 11.6 Å². The van der Waals surface area contributed by atoms with Crippen molar-refractivity contribution in [2.24, 2.45) is 0 Å². The first-order chi connectivity index (χ1) is 7.74. The van der Waals surface area contributed by atoms with Gasteiger partial charge in [0, 0.05) is 12.7 Å². The van der Waals surface area contributed by atoms with Crippen molar-refractivity contribution in [3.63, 3.8) is 0 Å². The van der Waals surface area contributed by atoms with Gasteiger partial charge >= 0.3 is 0 Å². The summed E-state index contributed by atoms with van der Waals surface area (Å²) in [6, 6.07) is 0. The number of unbranched alkanes of at least 4 members (excludes halogenated alkanes) is 2. The van der Waals surface area contributed by atoms with E-state index in [9.17, 15) is 0 Å². The van der Waals surface area contributed by atoms with Gasteiger partial charge in [0.2, 0.25) is 0 Å². The zero-order valence-corrected chi connectivity index (χ0v) is 11.1. The summed E-state index contributed by atoms with van der Waals surface area (Å²) >= 11 is 5.93. The van der Waals surface area contributed by atoms with Crippen LogP contribution in [-0.4, -0.2) is 22.9 Å². The van der Waals surface area contributed by atoms with Crippen molar-refractivity contribution < 1.29 is 0 Å².